The van der Waals surface area contributed by atoms with Crippen LogP contribution in [0.2, 0.25) is 0 Å². The van der Waals surface area contributed by atoms with E-state index in [-0.39, 0.29) is 23.8 Å². The van der Waals surface area contributed by atoms with Gasteiger partial charge in [-0.2, -0.15) is 5.10 Å². The zero-order valence-electron chi connectivity index (χ0n) is 20.2. The summed E-state index contributed by atoms with van der Waals surface area (Å²) >= 11 is 0. The molecule has 36 heavy (non-hydrogen) atoms. The molecule has 0 unspecified atom stereocenters. The Bertz CT molecular complexity index is 1420. The minimum Gasteiger partial charge on any atom is -0.487 e. The van der Waals surface area contributed by atoms with E-state index in [0.29, 0.717) is 11.4 Å². The van der Waals surface area contributed by atoms with Crippen molar-refractivity contribution in [2.75, 3.05) is 0 Å². The first kappa shape index (κ1) is 24.9. The van der Waals surface area contributed by atoms with Gasteiger partial charge >= 0.3 is 5.97 Å². The summed E-state index contributed by atoms with van der Waals surface area (Å²) < 4.78 is 36.2. The molecule has 0 aliphatic carbocycles. The van der Waals surface area contributed by atoms with Crippen molar-refractivity contribution in [2.45, 2.75) is 33.3 Å². The zero-order valence-corrected chi connectivity index (χ0v) is 20.2. The van der Waals surface area contributed by atoms with Gasteiger partial charge in [0, 0.05) is 0 Å². The molecular formula is C29H26F2N2O3. The van der Waals surface area contributed by atoms with Gasteiger partial charge in [-0.1, -0.05) is 50.3 Å². The SMILES string of the molecule is Cc1cc(OCc2c(C(C)C)cnn2-c2c(F)cccc2F)ccc1C=Cc1cccc(C(=O)O)c1. The number of nitrogens with zero attached hydrogens (tertiary/aromatic N) is 2. The van der Waals surface area contributed by atoms with E-state index in [2.05, 4.69) is 5.10 Å². The van der Waals surface area contributed by atoms with Crippen molar-refractivity contribution in [3.8, 4) is 11.4 Å². The Morgan fingerprint density at radius 2 is 1.78 bits per heavy atom. The van der Waals surface area contributed by atoms with Gasteiger partial charge in [-0.3, -0.25) is 0 Å². The fourth-order valence-corrected chi connectivity index (χ4v) is 3.94. The maximum Gasteiger partial charge on any atom is 0.335 e. The maximum absolute atomic E-state index is 14.5. The van der Waals surface area contributed by atoms with Gasteiger partial charge in [0.15, 0.2) is 11.6 Å². The van der Waals surface area contributed by atoms with Gasteiger partial charge in [-0.05, 0) is 71.5 Å². The van der Waals surface area contributed by atoms with Crippen LogP contribution in [0.1, 0.15) is 58.1 Å². The number of hydrogen-bond donors (Lipinski definition) is 1. The molecule has 7 heteroatoms. The van der Waals surface area contributed by atoms with Crippen LogP contribution in [0.5, 0.6) is 5.75 Å². The van der Waals surface area contributed by atoms with Gasteiger partial charge in [0.2, 0.25) is 0 Å². The first-order valence-corrected chi connectivity index (χ1v) is 11.5. The molecule has 0 aliphatic heterocycles. The van der Waals surface area contributed by atoms with E-state index < -0.39 is 17.6 Å². The lowest BCUT2D eigenvalue weighted by Gasteiger charge is -2.14. The number of aromatic carboxylic acids is 1. The summed E-state index contributed by atoms with van der Waals surface area (Å²) in [5.74, 6) is -1.68. The summed E-state index contributed by atoms with van der Waals surface area (Å²) in [6.45, 7) is 6.00. The van der Waals surface area contributed by atoms with Gasteiger partial charge in [0.1, 0.15) is 18.0 Å². The highest BCUT2D eigenvalue weighted by Gasteiger charge is 2.20. The van der Waals surface area contributed by atoms with Crippen molar-refractivity contribution in [2.24, 2.45) is 0 Å². The lowest BCUT2D eigenvalue weighted by molar-refractivity contribution is 0.0697. The maximum atomic E-state index is 14.5. The van der Waals surface area contributed by atoms with Gasteiger partial charge in [-0.25, -0.2) is 18.3 Å². The average molecular weight is 489 g/mol. The molecule has 1 heterocycles. The van der Waals surface area contributed by atoms with E-state index >= 15 is 0 Å². The number of ether oxygens (including phenoxy) is 1. The Balaban J connectivity index is 1.55. The number of para-hydroxylation sites is 1. The fourth-order valence-electron chi connectivity index (χ4n) is 3.94. The molecule has 5 nitrogen and oxygen atoms in total. The number of benzene rings is 3. The number of aryl methyl sites for hydroxylation is 1. The molecule has 0 aliphatic rings. The molecule has 1 aromatic heterocycles. The smallest absolute Gasteiger partial charge is 0.335 e. The van der Waals surface area contributed by atoms with Gasteiger partial charge in [-0.15, -0.1) is 0 Å². The lowest BCUT2D eigenvalue weighted by atomic mass is 10.0. The summed E-state index contributed by atoms with van der Waals surface area (Å²) in [5, 5.41) is 13.4. The number of carboxylic acids is 1. The van der Waals surface area contributed by atoms with Crippen LogP contribution < -0.4 is 4.74 Å². The van der Waals surface area contributed by atoms with E-state index in [0.717, 1.165) is 22.3 Å². The number of halogens is 2. The van der Waals surface area contributed by atoms with Crippen LogP contribution in [0.4, 0.5) is 8.78 Å². The van der Waals surface area contributed by atoms with Crippen molar-refractivity contribution in [3.63, 3.8) is 0 Å². The molecule has 0 atom stereocenters. The molecule has 0 radical (unpaired) electrons. The van der Waals surface area contributed by atoms with Crippen molar-refractivity contribution in [3.05, 3.63) is 112 Å². The Labute approximate surface area is 208 Å². The van der Waals surface area contributed by atoms with Crippen LogP contribution in [-0.4, -0.2) is 20.9 Å². The van der Waals surface area contributed by atoms with Gasteiger partial charge in [0.25, 0.3) is 0 Å². The second-order valence-electron chi connectivity index (χ2n) is 8.75. The van der Waals surface area contributed by atoms with E-state index in [9.17, 15) is 13.6 Å². The molecule has 0 bridgehead atoms. The molecular weight excluding hydrogens is 462 g/mol. The predicted molar refractivity (Wildman–Crippen MR) is 135 cm³/mol. The van der Waals surface area contributed by atoms with Crippen LogP contribution in [0.25, 0.3) is 17.8 Å². The molecule has 0 spiro atoms. The quantitative estimate of drug-likeness (QED) is 0.271. The molecule has 4 aromatic rings. The molecule has 1 N–H and O–H groups in total. The highest BCUT2D eigenvalue weighted by molar-refractivity contribution is 5.88. The van der Waals surface area contributed by atoms with Crippen LogP contribution in [0.15, 0.2) is 66.9 Å². The van der Waals surface area contributed by atoms with E-state index in [1.54, 1.807) is 24.4 Å². The van der Waals surface area contributed by atoms with E-state index in [4.69, 9.17) is 9.84 Å². The number of carbonyl (C=O) groups is 1. The summed E-state index contributed by atoms with van der Waals surface area (Å²) in [6, 6.07) is 16.0. The van der Waals surface area contributed by atoms with Gasteiger partial charge in [0.05, 0.1) is 17.5 Å². The van der Waals surface area contributed by atoms with Crippen LogP contribution in [0.3, 0.4) is 0 Å². The molecule has 184 valence electrons. The second kappa shape index (κ2) is 10.6. The third-order valence-electron chi connectivity index (χ3n) is 5.88. The third-order valence-corrected chi connectivity index (χ3v) is 5.88. The fraction of sp³-hybridized carbons (Fsp3) is 0.172. The Hall–Kier alpha value is -4.26. The first-order valence-electron chi connectivity index (χ1n) is 11.5. The summed E-state index contributed by atoms with van der Waals surface area (Å²) in [6.07, 6.45) is 5.38. The number of carboxylic acid groups (broad SMARTS) is 1. The van der Waals surface area contributed by atoms with E-state index in [1.807, 2.05) is 57.2 Å². The summed E-state index contributed by atoms with van der Waals surface area (Å²) in [7, 11) is 0. The van der Waals surface area contributed by atoms with Crippen LogP contribution in [-0.2, 0) is 6.61 Å². The minimum absolute atomic E-state index is 0.0812. The Morgan fingerprint density at radius 1 is 1.06 bits per heavy atom. The molecule has 0 amide bonds. The molecule has 4 rings (SSSR count). The highest BCUT2D eigenvalue weighted by atomic mass is 19.1. The largest absolute Gasteiger partial charge is 0.487 e. The standard InChI is InChI=1S/C29H26F2N2O3/c1-18(2)24-16-32-33(28-25(30)8-5-9-26(28)31)27(24)17-36-23-13-12-21(19(3)14-23)11-10-20-6-4-7-22(15-20)29(34)35/h4-16,18H,17H2,1-3H3,(H,34,35). The lowest BCUT2D eigenvalue weighted by Crippen LogP contribution is -2.11. The van der Waals surface area contributed by atoms with Crippen LogP contribution >= 0.6 is 0 Å². The monoisotopic (exact) mass is 488 g/mol. The first-order chi connectivity index (χ1) is 17.2. The molecule has 0 fully saturated rings. The third kappa shape index (κ3) is 5.35. The van der Waals surface area contributed by atoms with Crippen molar-refractivity contribution >= 4 is 18.1 Å². The Morgan fingerprint density at radius 3 is 2.44 bits per heavy atom. The second-order valence-corrected chi connectivity index (χ2v) is 8.75. The number of hydrogen-bond acceptors (Lipinski definition) is 3. The predicted octanol–water partition coefficient (Wildman–Crippen LogP) is 7.03. The highest BCUT2D eigenvalue weighted by Crippen LogP contribution is 2.27. The van der Waals surface area contributed by atoms with E-state index in [1.165, 1.54) is 22.9 Å². The topological polar surface area (TPSA) is 64.4 Å². The molecule has 0 saturated carbocycles. The van der Waals surface area contributed by atoms with Crippen molar-refractivity contribution in [1.82, 2.24) is 9.78 Å². The summed E-state index contributed by atoms with van der Waals surface area (Å²) in [5.41, 5.74) is 4.11. The Kier molecular flexibility index (Phi) is 7.29. The minimum atomic E-state index is -0.970. The number of aromatic nitrogens is 2. The van der Waals surface area contributed by atoms with Crippen LogP contribution in [0, 0.1) is 18.6 Å². The average Bonchev–Trinajstić information content (AvgIpc) is 3.26. The molecule has 3 aromatic carbocycles. The normalized spacial score (nSPS) is 11.4. The van der Waals surface area contributed by atoms with Gasteiger partial charge < -0.3 is 9.84 Å². The zero-order chi connectivity index (χ0) is 25.8. The summed E-state index contributed by atoms with van der Waals surface area (Å²) in [4.78, 5) is 11.2. The molecule has 0 saturated heterocycles. The van der Waals surface area contributed by atoms with Crippen molar-refractivity contribution < 1.29 is 23.4 Å². The van der Waals surface area contributed by atoms with Crippen molar-refractivity contribution in [1.29, 1.82) is 0 Å². The number of rotatable bonds is 8.